The van der Waals surface area contributed by atoms with Crippen LogP contribution in [0.5, 0.6) is 0 Å². The van der Waals surface area contributed by atoms with Crippen LogP contribution in [0.2, 0.25) is 0 Å². The van der Waals surface area contributed by atoms with E-state index in [9.17, 15) is 4.79 Å². The maximum atomic E-state index is 10.6. The molecule has 0 saturated carbocycles. The predicted molar refractivity (Wildman–Crippen MR) is 54.2 cm³/mol. The van der Waals surface area contributed by atoms with Gasteiger partial charge < -0.3 is 5.11 Å². The fourth-order valence-corrected chi connectivity index (χ4v) is 1.15. The van der Waals surface area contributed by atoms with Gasteiger partial charge in [0.25, 0.3) is 0 Å². The van der Waals surface area contributed by atoms with Crippen molar-refractivity contribution >= 4 is 5.97 Å². The molecular formula is C11H16O2. The third-order valence-electron chi connectivity index (χ3n) is 1.69. The maximum Gasteiger partial charge on any atom is 0.336 e. The Hall–Kier alpha value is -1.31. The molecule has 0 amide bonds. The zero-order chi connectivity index (χ0) is 10.4. The molecule has 0 saturated heterocycles. The van der Waals surface area contributed by atoms with E-state index in [-0.39, 0.29) is 0 Å². The molecule has 0 bridgehead atoms. The molecule has 0 unspecified atom stereocenters. The number of carbonyl (C=O) groups is 1. The molecule has 1 aromatic rings. The smallest absolute Gasteiger partial charge is 0.336 e. The van der Waals surface area contributed by atoms with Gasteiger partial charge in [-0.1, -0.05) is 32.0 Å². The normalized spacial score (nSPS) is 8.62. The van der Waals surface area contributed by atoms with Crippen LogP contribution >= 0.6 is 0 Å². The minimum Gasteiger partial charge on any atom is -0.478 e. The highest BCUT2D eigenvalue weighted by Gasteiger charge is 2.08. The lowest BCUT2D eigenvalue weighted by Crippen LogP contribution is -2.01. The zero-order valence-corrected chi connectivity index (χ0v) is 8.59. The summed E-state index contributed by atoms with van der Waals surface area (Å²) in [5.74, 6) is -0.847. The number of carboxylic acid groups (broad SMARTS) is 1. The number of aryl methyl sites for hydroxylation is 2. The van der Waals surface area contributed by atoms with E-state index in [0.717, 1.165) is 11.1 Å². The molecule has 0 radical (unpaired) electrons. The Bertz CT molecular complexity index is 270. The molecule has 1 aromatic carbocycles. The number of carboxylic acids is 1. The SMILES string of the molecule is CC.Cc1cccc(C)c1C(=O)O. The number of hydrogen-bond acceptors (Lipinski definition) is 1. The molecule has 1 N–H and O–H groups in total. The van der Waals surface area contributed by atoms with Gasteiger partial charge in [0.2, 0.25) is 0 Å². The van der Waals surface area contributed by atoms with Crippen LogP contribution in [0.4, 0.5) is 0 Å². The molecule has 0 spiro atoms. The Morgan fingerprint density at radius 2 is 1.54 bits per heavy atom. The first kappa shape index (κ1) is 11.7. The lowest BCUT2D eigenvalue weighted by atomic mass is 10.0. The summed E-state index contributed by atoms with van der Waals surface area (Å²) in [6, 6.07) is 5.46. The highest BCUT2D eigenvalue weighted by molar-refractivity contribution is 5.90. The van der Waals surface area contributed by atoms with Gasteiger partial charge in [-0.05, 0) is 25.0 Å². The van der Waals surface area contributed by atoms with Crippen molar-refractivity contribution in [3.8, 4) is 0 Å². The second-order valence-electron chi connectivity index (χ2n) is 2.57. The first-order chi connectivity index (χ1) is 6.13. The summed E-state index contributed by atoms with van der Waals surface area (Å²) < 4.78 is 0. The van der Waals surface area contributed by atoms with E-state index in [1.807, 2.05) is 19.9 Å². The lowest BCUT2D eigenvalue weighted by Gasteiger charge is -2.02. The van der Waals surface area contributed by atoms with E-state index in [2.05, 4.69) is 0 Å². The van der Waals surface area contributed by atoms with Crippen LogP contribution in [-0.4, -0.2) is 11.1 Å². The van der Waals surface area contributed by atoms with E-state index in [4.69, 9.17) is 5.11 Å². The van der Waals surface area contributed by atoms with Crippen molar-refractivity contribution in [3.05, 3.63) is 34.9 Å². The first-order valence-electron chi connectivity index (χ1n) is 4.42. The summed E-state index contributed by atoms with van der Waals surface area (Å²) in [5, 5.41) is 8.75. The van der Waals surface area contributed by atoms with Gasteiger partial charge in [0, 0.05) is 0 Å². The van der Waals surface area contributed by atoms with Crippen LogP contribution in [0.3, 0.4) is 0 Å². The Balaban J connectivity index is 0.000000671. The van der Waals surface area contributed by atoms with Gasteiger partial charge in [-0.25, -0.2) is 4.79 Å². The fraction of sp³-hybridized carbons (Fsp3) is 0.364. The summed E-state index contributed by atoms with van der Waals surface area (Å²) in [4.78, 5) is 10.6. The summed E-state index contributed by atoms with van der Waals surface area (Å²) in [6.45, 7) is 7.60. The standard InChI is InChI=1S/C9H10O2.C2H6/c1-6-4-3-5-7(2)8(6)9(10)11;1-2/h3-5H,1-2H3,(H,10,11);1-2H3. The minimum atomic E-state index is -0.847. The average Bonchev–Trinajstić information content (AvgIpc) is 2.07. The lowest BCUT2D eigenvalue weighted by molar-refractivity contribution is 0.0695. The van der Waals surface area contributed by atoms with Gasteiger partial charge in [-0.3, -0.25) is 0 Å². The largest absolute Gasteiger partial charge is 0.478 e. The van der Waals surface area contributed by atoms with Gasteiger partial charge in [0.15, 0.2) is 0 Å². The van der Waals surface area contributed by atoms with Crippen molar-refractivity contribution in [1.82, 2.24) is 0 Å². The third-order valence-corrected chi connectivity index (χ3v) is 1.69. The topological polar surface area (TPSA) is 37.3 Å². The molecule has 0 aliphatic heterocycles. The van der Waals surface area contributed by atoms with Crippen LogP contribution in [0.25, 0.3) is 0 Å². The Morgan fingerprint density at radius 3 is 1.77 bits per heavy atom. The fourth-order valence-electron chi connectivity index (χ4n) is 1.15. The third kappa shape index (κ3) is 2.90. The van der Waals surface area contributed by atoms with Crippen molar-refractivity contribution in [2.24, 2.45) is 0 Å². The average molecular weight is 180 g/mol. The Morgan fingerprint density at radius 1 is 1.15 bits per heavy atom. The summed E-state index contributed by atoms with van der Waals surface area (Å²) in [6.07, 6.45) is 0. The molecule has 72 valence electrons. The van der Waals surface area contributed by atoms with Crippen molar-refractivity contribution in [1.29, 1.82) is 0 Å². The second-order valence-corrected chi connectivity index (χ2v) is 2.57. The molecule has 0 aliphatic carbocycles. The van der Waals surface area contributed by atoms with Crippen LogP contribution in [0, 0.1) is 13.8 Å². The Labute approximate surface area is 79.2 Å². The molecule has 0 fully saturated rings. The molecule has 0 aromatic heterocycles. The quantitative estimate of drug-likeness (QED) is 0.721. The molecule has 0 heterocycles. The number of hydrogen-bond donors (Lipinski definition) is 1. The van der Waals surface area contributed by atoms with Crippen molar-refractivity contribution < 1.29 is 9.90 Å². The van der Waals surface area contributed by atoms with Gasteiger partial charge >= 0.3 is 5.97 Å². The van der Waals surface area contributed by atoms with Crippen LogP contribution in [-0.2, 0) is 0 Å². The first-order valence-corrected chi connectivity index (χ1v) is 4.42. The molecule has 2 heteroatoms. The van der Waals surface area contributed by atoms with Crippen LogP contribution in [0.1, 0.15) is 35.3 Å². The van der Waals surface area contributed by atoms with Crippen molar-refractivity contribution in [3.63, 3.8) is 0 Å². The predicted octanol–water partition coefficient (Wildman–Crippen LogP) is 3.03. The molecule has 2 nitrogen and oxygen atoms in total. The van der Waals surface area contributed by atoms with Gasteiger partial charge in [-0.2, -0.15) is 0 Å². The minimum absolute atomic E-state index is 0.424. The second kappa shape index (κ2) is 5.36. The zero-order valence-electron chi connectivity index (χ0n) is 8.59. The van der Waals surface area contributed by atoms with E-state index < -0.39 is 5.97 Å². The summed E-state index contributed by atoms with van der Waals surface area (Å²) in [7, 11) is 0. The number of rotatable bonds is 1. The van der Waals surface area contributed by atoms with E-state index in [1.54, 1.807) is 26.0 Å². The van der Waals surface area contributed by atoms with E-state index in [1.165, 1.54) is 0 Å². The highest BCUT2D eigenvalue weighted by atomic mass is 16.4. The molecule has 0 atom stereocenters. The summed E-state index contributed by atoms with van der Waals surface area (Å²) >= 11 is 0. The van der Waals surface area contributed by atoms with Crippen molar-refractivity contribution in [2.75, 3.05) is 0 Å². The van der Waals surface area contributed by atoms with Crippen molar-refractivity contribution in [2.45, 2.75) is 27.7 Å². The van der Waals surface area contributed by atoms with E-state index in [0.29, 0.717) is 5.56 Å². The van der Waals surface area contributed by atoms with Gasteiger partial charge in [0.1, 0.15) is 0 Å². The Kier molecular flexibility index (Phi) is 4.82. The molecule has 1 rings (SSSR count). The summed E-state index contributed by atoms with van der Waals surface area (Å²) in [5.41, 5.74) is 2.06. The van der Waals surface area contributed by atoms with Gasteiger partial charge in [0.05, 0.1) is 5.56 Å². The maximum absolute atomic E-state index is 10.6. The molecule has 13 heavy (non-hydrogen) atoms. The molecule has 0 aliphatic rings. The van der Waals surface area contributed by atoms with Crippen LogP contribution < -0.4 is 0 Å². The highest BCUT2D eigenvalue weighted by Crippen LogP contribution is 2.12. The van der Waals surface area contributed by atoms with Crippen LogP contribution in [0.15, 0.2) is 18.2 Å². The number of aromatic carboxylic acids is 1. The molecular weight excluding hydrogens is 164 g/mol. The monoisotopic (exact) mass is 180 g/mol. The number of benzene rings is 1. The van der Waals surface area contributed by atoms with E-state index >= 15 is 0 Å². The van der Waals surface area contributed by atoms with Gasteiger partial charge in [-0.15, -0.1) is 0 Å².